The van der Waals surface area contributed by atoms with Gasteiger partial charge in [0.2, 0.25) is 29.5 Å². The number of carbonyl (C=O) groups excluding carboxylic acids is 5. The normalized spacial score (nSPS) is 16.6. The van der Waals surface area contributed by atoms with E-state index in [2.05, 4.69) is 15.6 Å². The van der Waals surface area contributed by atoms with Crippen LogP contribution in [0.25, 0.3) is 10.4 Å². The average molecular weight is 795 g/mol. The molecule has 1 aromatic heterocycles. The molecule has 0 spiro atoms. The molecule has 0 aliphatic carbocycles. The van der Waals surface area contributed by atoms with E-state index in [0.29, 0.717) is 17.5 Å². The Hall–Kier alpha value is -4.74. The smallest absolute Gasteiger partial charge is 0.248 e. The van der Waals surface area contributed by atoms with Gasteiger partial charge in [0.1, 0.15) is 12.1 Å². The minimum atomic E-state index is -0.950. The van der Waals surface area contributed by atoms with Gasteiger partial charge in [0, 0.05) is 30.5 Å². The fraction of sp³-hybridized carbons (Fsp3) is 0.500. The maximum Gasteiger partial charge on any atom is 0.248 e. The first-order valence-electron chi connectivity index (χ1n) is 18.6. The number of aromatic nitrogens is 1. The Labute approximate surface area is 331 Å². The van der Waals surface area contributed by atoms with Gasteiger partial charge in [-0.1, -0.05) is 45.0 Å². The van der Waals surface area contributed by atoms with Crippen LogP contribution in [0.1, 0.15) is 84.1 Å². The van der Waals surface area contributed by atoms with Gasteiger partial charge in [-0.3, -0.25) is 24.0 Å². The van der Waals surface area contributed by atoms with Crippen LogP contribution in [0, 0.1) is 12.3 Å². The summed E-state index contributed by atoms with van der Waals surface area (Å²) in [7, 11) is 0. The first kappa shape index (κ1) is 44.0. The van der Waals surface area contributed by atoms with Crippen molar-refractivity contribution < 1.29 is 43.3 Å². The van der Waals surface area contributed by atoms with E-state index in [9.17, 15) is 29.1 Å². The number of hydrogen-bond acceptors (Lipinski definition) is 11. The van der Waals surface area contributed by atoms with E-state index in [1.165, 1.54) is 23.1 Å². The molecule has 1 fully saturated rings. The molecule has 3 aromatic rings. The van der Waals surface area contributed by atoms with Crippen LogP contribution in [0.3, 0.4) is 0 Å². The van der Waals surface area contributed by atoms with Gasteiger partial charge >= 0.3 is 0 Å². The molecule has 2 aromatic carbocycles. The van der Waals surface area contributed by atoms with Gasteiger partial charge in [-0.05, 0) is 60.6 Å². The maximum atomic E-state index is 13.9. The molecule has 7 N–H and O–H groups in total. The molecule has 1 saturated heterocycles. The fourth-order valence-corrected chi connectivity index (χ4v) is 7.14. The van der Waals surface area contributed by atoms with Gasteiger partial charge in [0.25, 0.3) is 0 Å². The molecule has 2 heterocycles. The standard InChI is InChI=1S/C40H54N6O9S/c1-24(26-6-8-27(9-7-26)34-25(2)43-23-56-34)44-38(51)32-21-30(47)22-46(32)39(52)35(40(3,4)5)45-33(48)13-15-54-17-19-55-18-16-53-14-12-28-20-29(36(41)49)10-11-31(28)37(42)50/h6-11,20,23-24,30,32,35,47H,12-19,21-22H2,1-5H3,(H2,41,49)(H2,42,50)(H,44,51)(H,45,48)/t24-,30+,32-,35+/m0/s1. The molecule has 15 nitrogen and oxygen atoms in total. The van der Waals surface area contributed by atoms with Crippen molar-refractivity contribution in [1.29, 1.82) is 0 Å². The quantitative estimate of drug-likeness (QED) is 0.105. The van der Waals surface area contributed by atoms with E-state index in [4.69, 9.17) is 25.7 Å². The van der Waals surface area contributed by atoms with Gasteiger partial charge in [-0.15, -0.1) is 11.3 Å². The van der Waals surface area contributed by atoms with Crippen LogP contribution in [0.4, 0.5) is 0 Å². The van der Waals surface area contributed by atoms with E-state index >= 15 is 0 Å². The number of thiazole rings is 1. The molecule has 0 saturated carbocycles. The summed E-state index contributed by atoms with van der Waals surface area (Å²) < 4.78 is 16.7. The lowest BCUT2D eigenvalue weighted by Gasteiger charge is -2.35. The van der Waals surface area contributed by atoms with Gasteiger partial charge in [0.05, 0.1) is 67.9 Å². The van der Waals surface area contributed by atoms with E-state index in [-0.39, 0.29) is 82.4 Å². The molecule has 0 bridgehead atoms. The number of carbonyl (C=O) groups is 5. The summed E-state index contributed by atoms with van der Waals surface area (Å²) in [6.45, 7) is 10.7. The monoisotopic (exact) mass is 794 g/mol. The van der Waals surface area contributed by atoms with Crippen LogP contribution in [-0.2, 0) is 35.0 Å². The number of primary amides is 2. The number of benzene rings is 2. The van der Waals surface area contributed by atoms with Crippen molar-refractivity contribution in [2.24, 2.45) is 16.9 Å². The summed E-state index contributed by atoms with van der Waals surface area (Å²) in [5.41, 5.74) is 15.9. The van der Waals surface area contributed by atoms with E-state index < -0.39 is 41.3 Å². The number of aryl methyl sites for hydroxylation is 1. The number of nitrogens with one attached hydrogen (secondary N) is 2. The third kappa shape index (κ3) is 12.4. The molecule has 1 aliphatic heterocycles. The van der Waals surface area contributed by atoms with Crippen molar-refractivity contribution in [2.45, 2.75) is 78.1 Å². The van der Waals surface area contributed by atoms with Gasteiger partial charge in [-0.25, -0.2) is 4.98 Å². The second-order valence-corrected chi connectivity index (χ2v) is 15.7. The minimum Gasteiger partial charge on any atom is -0.391 e. The number of ether oxygens (including phenoxy) is 3. The molecule has 16 heteroatoms. The number of nitrogens with two attached hydrogens (primary N) is 2. The lowest BCUT2D eigenvalue weighted by molar-refractivity contribution is -0.144. The van der Waals surface area contributed by atoms with E-state index in [1.807, 2.05) is 64.4 Å². The zero-order valence-electron chi connectivity index (χ0n) is 32.7. The van der Waals surface area contributed by atoms with Gasteiger partial charge in [0.15, 0.2) is 0 Å². The number of rotatable bonds is 20. The molecule has 304 valence electrons. The highest BCUT2D eigenvalue weighted by molar-refractivity contribution is 7.13. The third-order valence-corrected chi connectivity index (χ3v) is 10.4. The van der Waals surface area contributed by atoms with Crippen LogP contribution in [0.5, 0.6) is 0 Å². The Morgan fingerprint density at radius 1 is 0.929 bits per heavy atom. The summed E-state index contributed by atoms with van der Waals surface area (Å²) in [5.74, 6) is -2.42. The molecule has 4 atom stereocenters. The topological polar surface area (TPSA) is 226 Å². The van der Waals surface area contributed by atoms with Crippen molar-refractivity contribution in [3.05, 3.63) is 75.9 Å². The van der Waals surface area contributed by atoms with Crippen molar-refractivity contribution in [2.75, 3.05) is 46.2 Å². The lowest BCUT2D eigenvalue weighted by atomic mass is 9.85. The second kappa shape index (κ2) is 20.4. The lowest BCUT2D eigenvalue weighted by Crippen LogP contribution is -2.58. The van der Waals surface area contributed by atoms with E-state index in [1.54, 1.807) is 11.3 Å². The van der Waals surface area contributed by atoms with Crippen LogP contribution >= 0.6 is 11.3 Å². The maximum absolute atomic E-state index is 13.9. The highest BCUT2D eigenvalue weighted by atomic mass is 32.1. The summed E-state index contributed by atoms with van der Waals surface area (Å²) >= 11 is 1.57. The Morgan fingerprint density at radius 2 is 1.57 bits per heavy atom. The van der Waals surface area contributed by atoms with Gasteiger partial charge < -0.3 is 46.3 Å². The molecule has 0 radical (unpaired) electrons. The largest absolute Gasteiger partial charge is 0.391 e. The number of likely N-dealkylation sites (tertiary alicyclic amines) is 1. The van der Waals surface area contributed by atoms with Crippen LogP contribution in [0.2, 0.25) is 0 Å². The first-order valence-corrected chi connectivity index (χ1v) is 19.5. The molecule has 0 unspecified atom stereocenters. The summed E-state index contributed by atoms with van der Waals surface area (Å²) in [6, 6.07) is 10.1. The summed E-state index contributed by atoms with van der Waals surface area (Å²) in [6.07, 6.45) is -0.440. The zero-order valence-corrected chi connectivity index (χ0v) is 33.5. The van der Waals surface area contributed by atoms with Crippen molar-refractivity contribution in [1.82, 2.24) is 20.5 Å². The first-order chi connectivity index (χ1) is 26.6. The fourth-order valence-electron chi connectivity index (χ4n) is 6.33. The van der Waals surface area contributed by atoms with Crippen LogP contribution in [0.15, 0.2) is 48.0 Å². The predicted octanol–water partition coefficient (Wildman–Crippen LogP) is 2.67. The third-order valence-electron chi connectivity index (χ3n) is 9.45. The molecular formula is C40H54N6O9S. The highest BCUT2D eigenvalue weighted by Gasteiger charge is 2.44. The SMILES string of the molecule is Cc1ncsc1-c1ccc([C@H](C)NC(=O)[C@@H]2C[C@@H](O)CN2C(=O)[C@@H](NC(=O)CCOCCOCCOCCc2cc(C(N)=O)ccc2C(N)=O)C(C)(C)C)cc1. The molecule has 1 aliphatic rings. The summed E-state index contributed by atoms with van der Waals surface area (Å²) in [4.78, 5) is 70.4. The number of β-amino-alcohol motifs (C(OH)–C–C–N with tert-alkyl or cyclic N) is 1. The zero-order chi connectivity index (χ0) is 41.0. The number of aliphatic hydroxyl groups is 1. The van der Waals surface area contributed by atoms with Crippen LogP contribution in [-0.4, -0.2) is 109 Å². The molecule has 56 heavy (non-hydrogen) atoms. The number of nitrogens with zero attached hydrogens (tertiary/aromatic N) is 2. The van der Waals surface area contributed by atoms with Crippen molar-refractivity contribution in [3.63, 3.8) is 0 Å². The molecular weight excluding hydrogens is 741 g/mol. The number of amides is 5. The van der Waals surface area contributed by atoms with Crippen molar-refractivity contribution in [3.8, 4) is 10.4 Å². The number of hydrogen-bond donors (Lipinski definition) is 5. The minimum absolute atomic E-state index is 0.00136. The van der Waals surface area contributed by atoms with Gasteiger partial charge in [-0.2, -0.15) is 0 Å². The Kier molecular flexibility index (Phi) is 16.0. The van der Waals surface area contributed by atoms with E-state index in [0.717, 1.165) is 21.7 Å². The Morgan fingerprint density at radius 3 is 2.16 bits per heavy atom. The molecule has 4 rings (SSSR count). The van der Waals surface area contributed by atoms with Crippen LogP contribution < -0.4 is 22.1 Å². The average Bonchev–Trinajstić information content (AvgIpc) is 3.77. The second-order valence-electron chi connectivity index (χ2n) is 14.8. The highest BCUT2D eigenvalue weighted by Crippen LogP contribution is 2.29. The predicted molar refractivity (Wildman–Crippen MR) is 211 cm³/mol. The Bertz CT molecular complexity index is 1830. The summed E-state index contributed by atoms with van der Waals surface area (Å²) in [5, 5.41) is 16.4. The van der Waals surface area contributed by atoms with Crippen molar-refractivity contribution >= 4 is 40.9 Å². The number of aliphatic hydroxyl groups excluding tert-OH is 1. The Balaban J connectivity index is 1.17. The molecule has 5 amide bonds.